The summed E-state index contributed by atoms with van der Waals surface area (Å²) in [6, 6.07) is 0. The van der Waals surface area contributed by atoms with Gasteiger partial charge in [0.1, 0.15) is 12.0 Å². The molecule has 0 aromatic carbocycles. The molecule has 1 unspecified atom stereocenters. The Morgan fingerprint density at radius 2 is 1.83 bits per heavy atom. The van der Waals surface area contributed by atoms with Crippen LogP contribution < -0.4 is 11.1 Å². The van der Waals surface area contributed by atoms with Gasteiger partial charge in [0, 0.05) is 17.3 Å². The number of nitrogens with zero attached hydrogens (tertiary/aromatic N) is 2. The molecule has 2 heterocycles. The maximum absolute atomic E-state index is 6.15. The zero-order chi connectivity index (χ0) is 13.7. The van der Waals surface area contributed by atoms with Crippen LogP contribution in [0.25, 0.3) is 0 Å². The second-order valence-electron chi connectivity index (χ2n) is 6.96. The van der Waals surface area contributed by atoms with E-state index >= 15 is 0 Å². The van der Waals surface area contributed by atoms with Crippen molar-refractivity contribution < 1.29 is 0 Å². The van der Waals surface area contributed by atoms with Gasteiger partial charge in [0.2, 0.25) is 0 Å². The van der Waals surface area contributed by atoms with Gasteiger partial charge in [-0.2, -0.15) is 0 Å². The van der Waals surface area contributed by atoms with Gasteiger partial charge in [-0.3, -0.25) is 4.99 Å². The van der Waals surface area contributed by atoms with E-state index in [1.54, 1.807) is 6.34 Å². The molecule has 0 aliphatic carbocycles. The molecule has 0 saturated carbocycles. The maximum Gasteiger partial charge on any atom is 0.128 e. The number of aromatic nitrogens is 1. The van der Waals surface area contributed by atoms with E-state index in [-0.39, 0.29) is 17.1 Å². The smallest absolute Gasteiger partial charge is 0.128 e. The van der Waals surface area contributed by atoms with Crippen molar-refractivity contribution in [3.8, 4) is 0 Å². The van der Waals surface area contributed by atoms with Crippen molar-refractivity contribution in [3.05, 3.63) is 17.3 Å². The number of hydrogen-bond acceptors (Lipinski definition) is 3. The first-order valence-corrected chi connectivity index (χ1v) is 6.42. The fraction of sp³-hybridized carbons (Fsp3) is 0.643. The molecule has 0 radical (unpaired) electrons. The number of anilines is 1. The summed E-state index contributed by atoms with van der Waals surface area (Å²) in [4.78, 5) is 4.27. The molecule has 100 valence electrons. The van der Waals surface area contributed by atoms with Gasteiger partial charge < -0.3 is 15.6 Å². The Labute approximate surface area is 109 Å². The summed E-state index contributed by atoms with van der Waals surface area (Å²) in [6.45, 7) is 13.2. The Morgan fingerprint density at radius 3 is 2.33 bits per heavy atom. The number of hydrogen-bond donors (Lipinski definition) is 2. The van der Waals surface area contributed by atoms with Crippen LogP contribution in [0.1, 0.15) is 58.8 Å². The summed E-state index contributed by atoms with van der Waals surface area (Å²) in [5.74, 6) is 1.08. The number of nitrogens with two attached hydrogens (primary N) is 1. The van der Waals surface area contributed by atoms with E-state index in [1.807, 2.05) is 0 Å². The summed E-state index contributed by atoms with van der Waals surface area (Å²) < 4.78 is 2.26. The first-order chi connectivity index (χ1) is 8.12. The lowest BCUT2D eigenvalue weighted by molar-refractivity contribution is 0.401. The third kappa shape index (κ3) is 2.05. The van der Waals surface area contributed by atoms with Crippen LogP contribution in [-0.2, 0) is 11.0 Å². The second-order valence-corrected chi connectivity index (χ2v) is 6.96. The average molecular weight is 248 g/mol. The van der Waals surface area contributed by atoms with E-state index in [9.17, 15) is 0 Å². The molecule has 1 aromatic heterocycles. The highest BCUT2D eigenvalue weighted by Gasteiger charge is 2.31. The van der Waals surface area contributed by atoms with Crippen LogP contribution in [0.5, 0.6) is 0 Å². The van der Waals surface area contributed by atoms with Crippen molar-refractivity contribution in [3.63, 3.8) is 0 Å². The first kappa shape index (κ1) is 13.1. The largest absolute Gasteiger partial charge is 0.332 e. The molecule has 18 heavy (non-hydrogen) atoms. The van der Waals surface area contributed by atoms with Crippen molar-refractivity contribution >= 4 is 12.2 Å². The summed E-state index contributed by atoms with van der Waals surface area (Å²) >= 11 is 0. The molecular formula is C14H24N4. The molecule has 2 rings (SSSR count). The maximum atomic E-state index is 6.15. The molecule has 0 bridgehead atoms. The van der Waals surface area contributed by atoms with Crippen LogP contribution in [0.2, 0.25) is 0 Å². The minimum atomic E-state index is -0.265. The van der Waals surface area contributed by atoms with E-state index < -0.39 is 0 Å². The van der Waals surface area contributed by atoms with Crippen LogP contribution in [0.4, 0.5) is 5.82 Å². The SMILES string of the molecule is CC(C)(C)c1cn(C(C)(C)C)c2c1C(N)N=CN2. The van der Waals surface area contributed by atoms with Gasteiger partial charge in [-0.15, -0.1) is 0 Å². The van der Waals surface area contributed by atoms with E-state index in [1.165, 1.54) is 5.56 Å². The number of rotatable bonds is 0. The predicted molar refractivity (Wildman–Crippen MR) is 77.2 cm³/mol. The molecule has 0 saturated heterocycles. The first-order valence-electron chi connectivity index (χ1n) is 6.42. The van der Waals surface area contributed by atoms with Crippen LogP contribution in [0, 0.1) is 0 Å². The van der Waals surface area contributed by atoms with Crippen LogP contribution in [0.3, 0.4) is 0 Å². The lowest BCUT2D eigenvalue weighted by Crippen LogP contribution is -2.25. The van der Waals surface area contributed by atoms with Crippen LogP contribution in [0.15, 0.2) is 11.2 Å². The van der Waals surface area contributed by atoms with Crippen molar-refractivity contribution in [1.82, 2.24) is 4.57 Å². The summed E-state index contributed by atoms with van der Waals surface area (Å²) in [7, 11) is 0. The van der Waals surface area contributed by atoms with Gasteiger partial charge in [-0.05, 0) is 31.7 Å². The van der Waals surface area contributed by atoms with Gasteiger partial charge in [0.05, 0.1) is 6.34 Å². The number of aliphatic imine (C=N–C) groups is 1. The van der Waals surface area contributed by atoms with Gasteiger partial charge in [-0.25, -0.2) is 0 Å². The van der Waals surface area contributed by atoms with Gasteiger partial charge in [0.15, 0.2) is 0 Å². The predicted octanol–water partition coefficient (Wildman–Crippen LogP) is 2.95. The molecule has 1 aliphatic heterocycles. The molecule has 4 heteroatoms. The summed E-state index contributed by atoms with van der Waals surface area (Å²) in [5.41, 5.74) is 8.62. The summed E-state index contributed by atoms with van der Waals surface area (Å²) in [5, 5.41) is 3.25. The van der Waals surface area contributed by atoms with Crippen molar-refractivity contribution in [2.75, 3.05) is 5.32 Å². The Kier molecular flexibility index (Phi) is 2.81. The highest BCUT2D eigenvalue weighted by Crippen LogP contribution is 2.40. The molecule has 1 aromatic rings. The van der Waals surface area contributed by atoms with E-state index in [0.29, 0.717) is 0 Å². The fourth-order valence-electron chi connectivity index (χ4n) is 2.35. The summed E-state index contributed by atoms with van der Waals surface area (Å²) in [6.07, 6.45) is 3.65. The Bertz CT molecular complexity index is 483. The molecule has 0 amide bonds. The monoisotopic (exact) mass is 248 g/mol. The van der Waals surface area contributed by atoms with Crippen molar-refractivity contribution in [2.45, 2.75) is 58.7 Å². The Hall–Kier alpha value is -1.29. The standard InChI is InChI=1S/C14H24N4/c1-13(2,3)9-7-18(14(4,5)6)12-10(9)11(15)16-8-17-12/h7-8,11H,15H2,1-6H3,(H,16,17). The fourth-order valence-corrected chi connectivity index (χ4v) is 2.35. The van der Waals surface area contributed by atoms with Gasteiger partial charge in [-0.1, -0.05) is 20.8 Å². The van der Waals surface area contributed by atoms with E-state index in [0.717, 1.165) is 11.4 Å². The zero-order valence-electron chi connectivity index (χ0n) is 12.2. The molecule has 0 spiro atoms. The second kappa shape index (κ2) is 3.85. The van der Waals surface area contributed by atoms with Crippen LogP contribution >= 0.6 is 0 Å². The van der Waals surface area contributed by atoms with Gasteiger partial charge in [0.25, 0.3) is 0 Å². The van der Waals surface area contributed by atoms with Gasteiger partial charge >= 0.3 is 0 Å². The molecule has 1 atom stereocenters. The molecule has 4 nitrogen and oxygen atoms in total. The Morgan fingerprint density at radius 1 is 1.22 bits per heavy atom. The molecule has 1 aliphatic rings. The minimum absolute atomic E-state index is 0.0193. The van der Waals surface area contributed by atoms with Crippen molar-refractivity contribution in [1.29, 1.82) is 0 Å². The highest BCUT2D eigenvalue weighted by molar-refractivity contribution is 5.80. The van der Waals surface area contributed by atoms with Crippen LogP contribution in [-0.4, -0.2) is 10.9 Å². The number of nitrogens with one attached hydrogen (secondary N) is 1. The topological polar surface area (TPSA) is 55.3 Å². The quantitative estimate of drug-likeness (QED) is 0.741. The van der Waals surface area contributed by atoms with E-state index in [4.69, 9.17) is 5.73 Å². The average Bonchev–Trinajstić information content (AvgIpc) is 2.56. The molecule has 0 fully saturated rings. The Balaban J connectivity index is 2.69. The normalized spacial score (nSPS) is 19.6. The van der Waals surface area contributed by atoms with E-state index in [2.05, 4.69) is 62.6 Å². The lowest BCUT2D eigenvalue weighted by atomic mass is 9.85. The highest BCUT2D eigenvalue weighted by atomic mass is 15.2. The van der Waals surface area contributed by atoms with Crippen molar-refractivity contribution in [2.24, 2.45) is 10.7 Å². The molecular weight excluding hydrogens is 224 g/mol. The third-order valence-corrected chi connectivity index (χ3v) is 3.31. The number of fused-ring (bicyclic) bond motifs is 1. The third-order valence-electron chi connectivity index (χ3n) is 3.31. The lowest BCUT2D eigenvalue weighted by Gasteiger charge is -2.26. The minimum Gasteiger partial charge on any atom is -0.332 e. The zero-order valence-corrected chi connectivity index (χ0v) is 12.2. The molecule has 3 N–H and O–H groups in total.